The Morgan fingerprint density at radius 3 is 2.89 bits per heavy atom. The van der Waals surface area contributed by atoms with Crippen LogP contribution >= 0.6 is 0 Å². The Labute approximate surface area is 157 Å². The molecule has 136 valence electrons. The third-order valence-corrected chi connectivity index (χ3v) is 5.54. The van der Waals surface area contributed by atoms with Gasteiger partial charge in [0.1, 0.15) is 11.4 Å². The van der Waals surface area contributed by atoms with E-state index in [1.165, 1.54) is 17.5 Å². The number of furan rings is 1. The number of nitrogens with one attached hydrogen (secondary N) is 1. The fourth-order valence-electron chi connectivity index (χ4n) is 4.05. The first kappa shape index (κ1) is 16.1. The van der Waals surface area contributed by atoms with Crippen LogP contribution in [0.1, 0.15) is 28.9 Å². The maximum Gasteiger partial charge on any atom is 0.224 e. The van der Waals surface area contributed by atoms with Gasteiger partial charge in [0.05, 0.1) is 30.3 Å². The van der Waals surface area contributed by atoms with Crippen LogP contribution in [0.25, 0.3) is 22.0 Å². The standard InChI is InChI=1S/C22H21N3O2/c1-25-19-8-3-2-7-18(19)24-21(25)12-23-22(26)11-16-13-27-20-10-15-6-4-5-14(15)9-17(16)20/h2-3,7-10,13H,4-6,11-12H2,1H3,(H,23,26). The zero-order valence-corrected chi connectivity index (χ0v) is 15.3. The first-order chi connectivity index (χ1) is 13.2. The number of carbonyl (C=O) groups is 1. The molecular formula is C22H21N3O2. The molecule has 4 aromatic rings. The molecule has 0 unspecified atom stereocenters. The molecule has 1 aliphatic rings. The molecule has 27 heavy (non-hydrogen) atoms. The third-order valence-electron chi connectivity index (χ3n) is 5.54. The van der Waals surface area contributed by atoms with Crippen molar-refractivity contribution in [1.82, 2.24) is 14.9 Å². The molecule has 2 aromatic carbocycles. The molecule has 5 rings (SSSR count). The number of amides is 1. The first-order valence-corrected chi connectivity index (χ1v) is 9.38. The number of nitrogens with zero attached hydrogens (tertiary/aromatic N) is 2. The summed E-state index contributed by atoms with van der Waals surface area (Å²) in [5.41, 5.74) is 6.62. The number of hydrogen-bond donors (Lipinski definition) is 1. The highest BCUT2D eigenvalue weighted by Crippen LogP contribution is 2.30. The molecule has 0 spiro atoms. The van der Waals surface area contributed by atoms with E-state index < -0.39 is 0 Å². The zero-order chi connectivity index (χ0) is 18.4. The molecule has 1 amide bonds. The number of hydrogen-bond acceptors (Lipinski definition) is 3. The monoisotopic (exact) mass is 359 g/mol. The predicted molar refractivity (Wildman–Crippen MR) is 105 cm³/mol. The maximum atomic E-state index is 12.5. The van der Waals surface area contributed by atoms with Crippen LogP contribution in [0.15, 0.2) is 47.1 Å². The van der Waals surface area contributed by atoms with Gasteiger partial charge in [-0.1, -0.05) is 12.1 Å². The van der Waals surface area contributed by atoms with E-state index in [-0.39, 0.29) is 5.91 Å². The van der Waals surface area contributed by atoms with Gasteiger partial charge in [0.15, 0.2) is 0 Å². The molecule has 0 saturated heterocycles. The molecule has 0 fully saturated rings. The topological polar surface area (TPSA) is 60.1 Å². The van der Waals surface area contributed by atoms with Gasteiger partial charge in [0, 0.05) is 18.0 Å². The quantitative estimate of drug-likeness (QED) is 0.605. The summed E-state index contributed by atoms with van der Waals surface area (Å²) in [6, 6.07) is 12.3. The van der Waals surface area contributed by atoms with Crippen molar-refractivity contribution in [2.45, 2.75) is 32.2 Å². The Balaban J connectivity index is 1.32. The molecule has 1 N–H and O–H groups in total. The van der Waals surface area contributed by atoms with Gasteiger partial charge in [-0.15, -0.1) is 0 Å². The number of imidazole rings is 1. The normalized spacial score (nSPS) is 13.4. The van der Waals surface area contributed by atoms with E-state index in [0.717, 1.165) is 46.2 Å². The lowest BCUT2D eigenvalue weighted by Gasteiger charge is -2.05. The van der Waals surface area contributed by atoms with E-state index in [2.05, 4.69) is 22.4 Å². The SMILES string of the molecule is Cn1c(CNC(=O)Cc2coc3cc4c(cc23)CCC4)nc2ccccc21. The Morgan fingerprint density at radius 2 is 2.04 bits per heavy atom. The molecule has 0 aliphatic heterocycles. The second-order valence-electron chi connectivity index (χ2n) is 7.26. The van der Waals surface area contributed by atoms with Crippen molar-refractivity contribution >= 4 is 27.9 Å². The molecule has 1 aliphatic carbocycles. The predicted octanol–water partition coefficient (Wildman–Crippen LogP) is 3.67. The molecule has 5 heteroatoms. The van der Waals surface area contributed by atoms with E-state index in [1.807, 2.05) is 35.9 Å². The van der Waals surface area contributed by atoms with Crippen LogP contribution < -0.4 is 5.32 Å². The lowest BCUT2D eigenvalue weighted by molar-refractivity contribution is -0.120. The molecule has 2 aromatic heterocycles. The largest absolute Gasteiger partial charge is 0.464 e. The second kappa shape index (κ2) is 6.27. The van der Waals surface area contributed by atoms with E-state index >= 15 is 0 Å². The van der Waals surface area contributed by atoms with Gasteiger partial charge < -0.3 is 14.3 Å². The highest BCUT2D eigenvalue weighted by atomic mass is 16.3. The van der Waals surface area contributed by atoms with Crippen molar-refractivity contribution in [2.75, 3.05) is 0 Å². The fraction of sp³-hybridized carbons (Fsp3) is 0.273. The number of para-hydroxylation sites is 2. The molecule has 2 heterocycles. The van der Waals surface area contributed by atoms with Crippen LogP contribution in [0.2, 0.25) is 0 Å². The van der Waals surface area contributed by atoms with Crippen LogP contribution in [0.4, 0.5) is 0 Å². The Hall–Kier alpha value is -3.08. The van der Waals surface area contributed by atoms with Gasteiger partial charge in [0.25, 0.3) is 0 Å². The van der Waals surface area contributed by atoms with Gasteiger partial charge in [-0.25, -0.2) is 4.98 Å². The fourth-order valence-corrected chi connectivity index (χ4v) is 4.05. The highest BCUT2D eigenvalue weighted by Gasteiger charge is 2.17. The summed E-state index contributed by atoms with van der Waals surface area (Å²) in [7, 11) is 1.97. The van der Waals surface area contributed by atoms with E-state index in [1.54, 1.807) is 6.26 Å². The Kier molecular flexibility index (Phi) is 3.74. The first-order valence-electron chi connectivity index (χ1n) is 9.38. The van der Waals surface area contributed by atoms with Crippen LogP contribution in [0, 0.1) is 0 Å². The van der Waals surface area contributed by atoms with Gasteiger partial charge >= 0.3 is 0 Å². The van der Waals surface area contributed by atoms with Gasteiger partial charge in [-0.2, -0.15) is 0 Å². The van der Waals surface area contributed by atoms with E-state index in [0.29, 0.717) is 13.0 Å². The number of fused-ring (bicyclic) bond motifs is 3. The minimum Gasteiger partial charge on any atom is -0.464 e. The molecule has 5 nitrogen and oxygen atoms in total. The van der Waals surface area contributed by atoms with Crippen molar-refractivity contribution in [3.05, 3.63) is 65.2 Å². The van der Waals surface area contributed by atoms with Gasteiger partial charge in [-0.05, 0) is 54.7 Å². The summed E-state index contributed by atoms with van der Waals surface area (Å²) < 4.78 is 7.72. The molecule has 0 radical (unpaired) electrons. The summed E-state index contributed by atoms with van der Waals surface area (Å²) in [6.45, 7) is 0.412. The van der Waals surface area contributed by atoms with Crippen molar-refractivity contribution in [3.8, 4) is 0 Å². The maximum absolute atomic E-state index is 12.5. The van der Waals surface area contributed by atoms with Crippen molar-refractivity contribution < 1.29 is 9.21 Å². The minimum absolute atomic E-state index is 0.0229. The lowest BCUT2D eigenvalue weighted by atomic mass is 10.0. The number of benzene rings is 2. The third kappa shape index (κ3) is 2.79. The lowest BCUT2D eigenvalue weighted by Crippen LogP contribution is -2.25. The van der Waals surface area contributed by atoms with E-state index in [9.17, 15) is 4.79 Å². The summed E-state index contributed by atoms with van der Waals surface area (Å²) in [5.74, 6) is 0.824. The van der Waals surface area contributed by atoms with Crippen LogP contribution in [-0.2, 0) is 37.6 Å². The van der Waals surface area contributed by atoms with Crippen LogP contribution in [-0.4, -0.2) is 15.5 Å². The average molecular weight is 359 g/mol. The van der Waals surface area contributed by atoms with Gasteiger partial charge in [0.2, 0.25) is 5.91 Å². The Bertz CT molecular complexity index is 1170. The molecule has 0 atom stereocenters. The van der Waals surface area contributed by atoms with Crippen molar-refractivity contribution in [1.29, 1.82) is 0 Å². The summed E-state index contributed by atoms with van der Waals surface area (Å²) in [6.07, 6.45) is 5.48. The molecular weight excluding hydrogens is 338 g/mol. The minimum atomic E-state index is -0.0229. The molecule has 0 bridgehead atoms. The highest BCUT2D eigenvalue weighted by molar-refractivity contribution is 5.88. The van der Waals surface area contributed by atoms with Crippen molar-refractivity contribution in [3.63, 3.8) is 0 Å². The number of carbonyl (C=O) groups excluding carboxylic acids is 1. The number of aromatic nitrogens is 2. The number of rotatable bonds is 4. The molecule has 0 saturated carbocycles. The summed E-state index contributed by atoms with van der Waals surface area (Å²) >= 11 is 0. The Morgan fingerprint density at radius 1 is 1.22 bits per heavy atom. The summed E-state index contributed by atoms with van der Waals surface area (Å²) in [4.78, 5) is 17.1. The summed E-state index contributed by atoms with van der Waals surface area (Å²) in [5, 5.41) is 4.06. The van der Waals surface area contributed by atoms with E-state index in [4.69, 9.17) is 4.42 Å². The second-order valence-corrected chi connectivity index (χ2v) is 7.26. The zero-order valence-electron chi connectivity index (χ0n) is 15.3. The van der Waals surface area contributed by atoms with Gasteiger partial charge in [-0.3, -0.25) is 4.79 Å². The van der Waals surface area contributed by atoms with Crippen LogP contribution in [0.3, 0.4) is 0 Å². The van der Waals surface area contributed by atoms with Crippen LogP contribution in [0.5, 0.6) is 0 Å². The average Bonchev–Trinajstić information content (AvgIpc) is 3.37. The van der Waals surface area contributed by atoms with Crippen molar-refractivity contribution in [2.24, 2.45) is 7.05 Å². The smallest absolute Gasteiger partial charge is 0.224 e. The number of aryl methyl sites for hydroxylation is 3.